The second-order valence-electron chi connectivity index (χ2n) is 4.29. The van der Waals surface area contributed by atoms with Crippen LogP contribution in [0, 0.1) is 0 Å². The number of ether oxygens (including phenoxy) is 1. The lowest BCUT2D eigenvalue weighted by Crippen LogP contribution is -2.15. The topological polar surface area (TPSA) is 81.4 Å². The molecule has 0 saturated carbocycles. The number of anilines is 1. The van der Waals surface area contributed by atoms with E-state index in [0.29, 0.717) is 18.8 Å². The first-order valence-corrected chi connectivity index (χ1v) is 8.03. The molecule has 5 nitrogen and oxygen atoms in total. The van der Waals surface area contributed by atoms with Crippen molar-refractivity contribution in [1.82, 2.24) is 0 Å². The SMILES string of the molecule is CCCCOCCCNc1ccccc1S(N)(=O)=O. The van der Waals surface area contributed by atoms with Crippen LogP contribution in [0.4, 0.5) is 5.69 Å². The van der Waals surface area contributed by atoms with Crippen molar-refractivity contribution in [3.05, 3.63) is 24.3 Å². The highest BCUT2D eigenvalue weighted by Crippen LogP contribution is 2.18. The van der Waals surface area contributed by atoms with E-state index in [0.717, 1.165) is 25.9 Å². The highest BCUT2D eigenvalue weighted by molar-refractivity contribution is 7.89. The second-order valence-corrected chi connectivity index (χ2v) is 5.82. The third-order valence-corrected chi connectivity index (χ3v) is 3.59. The maximum absolute atomic E-state index is 11.4. The first-order chi connectivity index (χ1) is 9.05. The van der Waals surface area contributed by atoms with Gasteiger partial charge in [-0.3, -0.25) is 0 Å². The summed E-state index contributed by atoms with van der Waals surface area (Å²) in [6.45, 7) is 4.22. The minimum Gasteiger partial charge on any atom is -0.384 e. The van der Waals surface area contributed by atoms with Gasteiger partial charge in [0.15, 0.2) is 0 Å². The molecule has 1 rings (SSSR count). The summed E-state index contributed by atoms with van der Waals surface area (Å²) in [6, 6.07) is 6.63. The number of rotatable bonds is 9. The third kappa shape index (κ3) is 6.04. The molecule has 0 spiro atoms. The van der Waals surface area contributed by atoms with E-state index < -0.39 is 10.0 Å². The fourth-order valence-electron chi connectivity index (χ4n) is 1.61. The van der Waals surface area contributed by atoms with Gasteiger partial charge in [-0.1, -0.05) is 25.5 Å². The summed E-state index contributed by atoms with van der Waals surface area (Å²) >= 11 is 0. The van der Waals surface area contributed by atoms with Crippen LogP contribution in [0.3, 0.4) is 0 Å². The van der Waals surface area contributed by atoms with Crippen molar-refractivity contribution in [2.75, 3.05) is 25.1 Å². The lowest BCUT2D eigenvalue weighted by atomic mass is 10.3. The fraction of sp³-hybridized carbons (Fsp3) is 0.538. The van der Waals surface area contributed by atoms with Gasteiger partial charge in [-0.2, -0.15) is 0 Å². The largest absolute Gasteiger partial charge is 0.384 e. The number of primary sulfonamides is 1. The van der Waals surface area contributed by atoms with Crippen LogP contribution in [0.1, 0.15) is 26.2 Å². The summed E-state index contributed by atoms with van der Waals surface area (Å²) in [5, 5.41) is 8.22. The van der Waals surface area contributed by atoms with Gasteiger partial charge in [-0.25, -0.2) is 13.6 Å². The Morgan fingerprint density at radius 1 is 1.21 bits per heavy atom. The molecule has 0 unspecified atom stereocenters. The zero-order chi connectivity index (χ0) is 14.1. The molecule has 1 aromatic carbocycles. The normalized spacial score (nSPS) is 11.5. The van der Waals surface area contributed by atoms with E-state index in [-0.39, 0.29) is 4.90 Å². The van der Waals surface area contributed by atoms with Crippen molar-refractivity contribution in [3.8, 4) is 0 Å². The van der Waals surface area contributed by atoms with Gasteiger partial charge in [-0.05, 0) is 25.0 Å². The second kappa shape index (κ2) is 8.14. The van der Waals surface area contributed by atoms with Crippen molar-refractivity contribution in [2.24, 2.45) is 5.14 Å². The first kappa shape index (κ1) is 15.9. The molecule has 19 heavy (non-hydrogen) atoms. The van der Waals surface area contributed by atoms with E-state index in [1.54, 1.807) is 18.2 Å². The maximum Gasteiger partial charge on any atom is 0.240 e. The zero-order valence-corrected chi connectivity index (χ0v) is 12.1. The summed E-state index contributed by atoms with van der Waals surface area (Å²) in [7, 11) is -3.68. The molecule has 0 saturated heterocycles. The van der Waals surface area contributed by atoms with Gasteiger partial charge in [0, 0.05) is 19.8 Å². The van der Waals surface area contributed by atoms with Gasteiger partial charge >= 0.3 is 0 Å². The molecule has 0 atom stereocenters. The molecule has 0 amide bonds. The minimum atomic E-state index is -3.68. The molecule has 0 aliphatic heterocycles. The number of unbranched alkanes of at least 4 members (excludes halogenated alkanes) is 1. The van der Waals surface area contributed by atoms with Gasteiger partial charge in [-0.15, -0.1) is 0 Å². The van der Waals surface area contributed by atoms with Crippen LogP contribution in [0.2, 0.25) is 0 Å². The Morgan fingerprint density at radius 3 is 2.58 bits per heavy atom. The molecule has 0 aliphatic rings. The number of nitrogens with two attached hydrogens (primary N) is 1. The summed E-state index contributed by atoms with van der Waals surface area (Å²) in [5.41, 5.74) is 0.540. The van der Waals surface area contributed by atoms with Crippen molar-refractivity contribution in [3.63, 3.8) is 0 Å². The number of hydrogen-bond donors (Lipinski definition) is 2. The average Bonchev–Trinajstić information content (AvgIpc) is 2.37. The highest BCUT2D eigenvalue weighted by Gasteiger charge is 2.12. The Balaban J connectivity index is 2.38. The Bertz CT molecular complexity index is 475. The van der Waals surface area contributed by atoms with E-state index in [2.05, 4.69) is 12.2 Å². The van der Waals surface area contributed by atoms with Crippen LogP contribution in [-0.4, -0.2) is 28.2 Å². The minimum absolute atomic E-state index is 0.127. The number of sulfonamides is 1. The van der Waals surface area contributed by atoms with E-state index in [4.69, 9.17) is 9.88 Å². The van der Waals surface area contributed by atoms with Gasteiger partial charge in [0.05, 0.1) is 5.69 Å². The van der Waals surface area contributed by atoms with E-state index in [1.165, 1.54) is 6.07 Å². The van der Waals surface area contributed by atoms with Crippen LogP contribution in [0.5, 0.6) is 0 Å². The molecule has 108 valence electrons. The van der Waals surface area contributed by atoms with Gasteiger partial charge in [0.25, 0.3) is 0 Å². The molecule has 0 fully saturated rings. The Hall–Kier alpha value is -1.11. The summed E-state index contributed by atoms with van der Waals surface area (Å²) < 4.78 is 28.2. The Morgan fingerprint density at radius 2 is 1.89 bits per heavy atom. The molecule has 6 heteroatoms. The smallest absolute Gasteiger partial charge is 0.240 e. The molecular weight excluding hydrogens is 264 g/mol. The lowest BCUT2D eigenvalue weighted by Gasteiger charge is -2.10. The average molecular weight is 286 g/mol. The van der Waals surface area contributed by atoms with Crippen molar-refractivity contribution < 1.29 is 13.2 Å². The Kier molecular flexibility index (Phi) is 6.83. The molecule has 0 heterocycles. The predicted octanol–water partition coefficient (Wildman–Crippen LogP) is 1.95. The van der Waals surface area contributed by atoms with E-state index in [1.807, 2.05) is 0 Å². The summed E-state index contributed by atoms with van der Waals surface area (Å²) in [6.07, 6.45) is 3.02. The standard InChI is InChI=1S/C13H22N2O3S/c1-2-3-10-18-11-6-9-15-12-7-4-5-8-13(12)19(14,16)17/h4-5,7-8,15H,2-3,6,9-11H2,1H3,(H2,14,16,17). The van der Waals surface area contributed by atoms with Gasteiger partial charge in [0.2, 0.25) is 10.0 Å². The predicted molar refractivity (Wildman–Crippen MR) is 76.6 cm³/mol. The highest BCUT2D eigenvalue weighted by atomic mass is 32.2. The van der Waals surface area contributed by atoms with Crippen molar-refractivity contribution in [1.29, 1.82) is 0 Å². The van der Waals surface area contributed by atoms with Gasteiger partial charge < -0.3 is 10.1 Å². The maximum atomic E-state index is 11.4. The van der Waals surface area contributed by atoms with E-state index >= 15 is 0 Å². The zero-order valence-electron chi connectivity index (χ0n) is 11.3. The molecule has 1 aromatic rings. The number of benzene rings is 1. The molecule has 0 aromatic heterocycles. The van der Waals surface area contributed by atoms with Crippen LogP contribution in [-0.2, 0) is 14.8 Å². The summed E-state index contributed by atoms with van der Waals surface area (Å²) in [4.78, 5) is 0.127. The lowest BCUT2D eigenvalue weighted by molar-refractivity contribution is 0.131. The molecule has 0 aliphatic carbocycles. The van der Waals surface area contributed by atoms with E-state index in [9.17, 15) is 8.42 Å². The van der Waals surface area contributed by atoms with Crippen molar-refractivity contribution >= 4 is 15.7 Å². The van der Waals surface area contributed by atoms with Crippen LogP contribution >= 0.6 is 0 Å². The quantitative estimate of drug-likeness (QED) is 0.680. The number of nitrogens with one attached hydrogen (secondary N) is 1. The Labute approximate surface area is 115 Å². The molecular formula is C13H22N2O3S. The van der Waals surface area contributed by atoms with Crippen LogP contribution < -0.4 is 10.5 Å². The number of para-hydroxylation sites is 1. The monoisotopic (exact) mass is 286 g/mol. The van der Waals surface area contributed by atoms with Crippen molar-refractivity contribution in [2.45, 2.75) is 31.1 Å². The number of hydrogen-bond acceptors (Lipinski definition) is 4. The van der Waals surface area contributed by atoms with Gasteiger partial charge in [0.1, 0.15) is 4.90 Å². The van der Waals surface area contributed by atoms with Crippen LogP contribution in [0.15, 0.2) is 29.2 Å². The first-order valence-electron chi connectivity index (χ1n) is 6.49. The molecule has 0 bridgehead atoms. The summed E-state index contributed by atoms with van der Waals surface area (Å²) in [5.74, 6) is 0. The third-order valence-electron chi connectivity index (χ3n) is 2.62. The molecule has 3 N–H and O–H groups in total. The fourth-order valence-corrected chi connectivity index (χ4v) is 2.32. The van der Waals surface area contributed by atoms with Crippen LogP contribution in [0.25, 0.3) is 0 Å². The molecule has 0 radical (unpaired) electrons.